The molecule has 0 aliphatic carbocycles. The highest BCUT2D eigenvalue weighted by Crippen LogP contribution is 2.27. The molecule has 0 unspecified atom stereocenters. The lowest BCUT2D eigenvalue weighted by Crippen LogP contribution is -2.32. The molecular formula is C15H17BrN2O3. The van der Waals surface area contributed by atoms with Crippen LogP contribution in [0.25, 0.3) is 10.9 Å². The van der Waals surface area contributed by atoms with Gasteiger partial charge >= 0.3 is 5.97 Å². The molecule has 2 aromatic rings. The lowest BCUT2D eigenvalue weighted by Gasteiger charge is -2.18. The molecule has 0 atom stereocenters. The molecule has 21 heavy (non-hydrogen) atoms. The number of hydrogen-bond acceptors (Lipinski definition) is 2. The summed E-state index contributed by atoms with van der Waals surface area (Å²) in [5, 5.41) is 12.7. The van der Waals surface area contributed by atoms with Gasteiger partial charge < -0.3 is 15.4 Å². The molecule has 1 heterocycles. The molecule has 0 saturated heterocycles. The van der Waals surface area contributed by atoms with E-state index in [0.717, 1.165) is 10.9 Å². The van der Waals surface area contributed by atoms with Crippen molar-refractivity contribution in [3.05, 3.63) is 34.4 Å². The van der Waals surface area contributed by atoms with Crippen molar-refractivity contribution in [2.45, 2.75) is 20.3 Å². The van der Waals surface area contributed by atoms with Crippen LogP contribution >= 0.6 is 15.9 Å². The summed E-state index contributed by atoms with van der Waals surface area (Å²) in [6.45, 7) is 3.58. The largest absolute Gasteiger partial charge is 0.481 e. The fourth-order valence-electron chi connectivity index (χ4n) is 1.95. The van der Waals surface area contributed by atoms with Crippen LogP contribution in [0.3, 0.4) is 0 Å². The van der Waals surface area contributed by atoms with E-state index in [4.69, 9.17) is 5.11 Å². The Balaban J connectivity index is 2.06. The van der Waals surface area contributed by atoms with Gasteiger partial charge in [0.2, 0.25) is 0 Å². The molecule has 0 fully saturated rings. The number of para-hydroxylation sites is 1. The van der Waals surface area contributed by atoms with Crippen LogP contribution in [0.4, 0.5) is 0 Å². The summed E-state index contributed by atoms with van der Waals surface area (Å²) in [7, 11) is 0. The summed E-state index contributed by atoms with van der Waals surface area (Å²) >= 11 is 3.42. The summed E-state index contributed by atoms with van der Waals surface area (Å²) in [5.74, 6) is -1.12. The van der Waals surface area contributed by atoms with E-state index in [2.05, 4.69) is 26.2 Å². The Hall–Kier alpha value is -1.82. The van der Waals surface area contributed by atoms with Crippen LogP contribution in [0, 0.1) is 5.41 Å². The van der Waals surface area contributed by atoms with Gasteiger partial charge in [-0.15, -0.1) is 0 Å². The highest BCUT2D eigenvalue weighted by atomic mass is 79.9. The summed E-state index contributed by atoms with van der Waals surface area (Å²) < 4.78 is 0.716. The highest BCUT2D eigenvalue weighted by molar-refractivity contribution is 9.10. The van der Waals surface area contributed by atoms with E-state index in [1.165, 1.54) is 0 Å². The average Bonchev–Trinajstić information content (AvgIpc) is 2.76. The minimum Gasteiger partial charge on any atom is -0.481 e. The number of aromatic nitrogens is 1. The SMILES string of the molecule is CC(C)(CCNC(=O)c1[nH]c2ccccc2c1Br)C(=O)O. The van der Waals surface area contributed by atoms with Crippen molar-refractivity contribution in [2.24, 2.45) is 5.41 Å². The van der Waals surface area contributed by atoms with E-state index in [1.807, 2.05) is 24.3 Å². The van der Waals surface area contributed by atoms with Crippen LogP contribution in [0.15, 0.2) is 28.7 Å². The predicted molar refractivity (Wildman–Crippen MR) is 84.4 cm³/mol. The van der Waals surface area contributed by atoms with Crippen LogP contribution in [0.2, 0.25) is 0 Å². The molecule has 1 aromatic carbocycles. The molecule has 0 spiro atoms. The number of carboxylic acid groups (broad SMARTS) is 1. The van der Waals surface area contributed by atoms with Gasteiger partial charge in [0.15, 0.2) is 0 Å². The standard InChI is InChI=1S/C15H17BrN2O3/c1-15(2,14(20)21)7-8-17-13(19)12-11(16)9-5-3-4-6-10(9)18-12/h3-6,18H,7-8H2,1-2H3,(H,17,19)(H,20,21). The molecule has 2 rings (SSSR count). The second-order valence-corrected chi connectivity index (χ2v) is 6.35. The normalized spacial score (nSPS) is 11.6. The first-order valence-corrected chi connectivity index (χ1v) is 7.40. The molecule has 1 aromatic heterocycles. The molecule has 0 aliphatic heterocycles. The molecule has 0 radical (unpaired) electrons. The lowest BCUT2D eigenvalue weighted by molar-refractivity contribution is -0.147. The number of rotatable bonds is 5. The number of carbonyl (C=O) groups is 2. The van der Waals surface area contributed by atoms with Crippen molar-refractivity contribution in [3.63, 3.8) is 0 Å². The number of fused-ring (bicyclic) bond motifs is 1. The van der Waals surface area contributed by atoms with Crippen molar-refractivity contribution in [2.75, 3.05) is 6.54 Å². The van der Waals surface area contributed by atoms with E-state index in [9.17, 15) is 9.59 Å². The Morgan fingerprint density at radius 2 is 2.00 bits per heavy atom. The Morgan fingerprint density at radius 1 is 1.33 bits per heavy atom. The van der Waals surface area contributed by atoms with Crippen molar-refractivity contribution >= 4 is 38.7 Å². The molecule has 0 aliphatic rings. The number of halogens is 1. The van der Waals surface area contributed by atoms with Crippen LogP contribution in [-0.4, -0.2) is 28.5 Å². The second-order valence-electron chi connectivity index (χ2n) is 5.55. The third kappa shape index (κ3) is 3.26. The Bertz CT molecular complexity index is 691. The number of benzene rings is 1. The Kier molecular flexibility index (Phi) is 4.37. The topological polar surface area (TPSA) is 82.2 Å². The first kappa shape index (κ1) is 15.6. The summed E-state index contributed by atoms with van der Waals surface area (Å²) in [6.07, 6.45) is 0.367. The summed E-state index contributed by atoms with van der Waals surface area (Å²) in [4.78, 5) is 26.2. The van der Waals surface area contributed by atoms with Crippen LogP contribution in [0.1, 0.15) is 30.8 Å². The van der Waals surface area contributed by atoms with E-state index >= 15 is 0 Å². The molecule has 112 valence electrons. The molecule has 0 saturated carbocycles. The number of hydrogen-bond donors (Lipinski definition) is 3. The molecule has 6 heteroatoms. The van der Waals surface area contributed by atoms with Gasteiger partial charge in [-0.05, 0) is 42.3 Å². The first-order chi connectivity index (χ1) is 9.83. The van der Waals surface area contributed by atoms with Crippen molar-refractivity contribution < 1.29 is 14.7 Å². The number of carbonyl (C=O) groups excluding carboxylic acids is 1. The van der Waals surface area contributed by atoms with Crippen LogP contribution in [-0.2, 0) is 4.79 Å². The molecular weight excluding hydrogens is 336 g/mol. The van der Waals surface area contributed by atoms with Crippen molar-refractivity contribution in [1.29, 1.82) is 0 Å². The maximum atomic E-state index is 12.2. The lowest BCUT2D eigenvalue weighted by atomic mass is 9.90. The Morgan fingerprint density at radius 3 is 2.62 bits per heavy atom. The van der Waals surface area contributed by atoms with Gasteiger partial charge in [0.05, 0.1) is 9.89 Å². The van der Waals surface area contributed by atoms with Gasteiger partial charge in [-0.1, -0.05) is 18.2 Å². The highest BCUT2D eigenvalue weighted by Gasteiger charge is 2.27. The number of amides is 1. The monoisotopic (exact) mass is 352 g/mol. The minimum absolute atomic E-state index is 0.251. The smallest absolute Gasteiger partial charge is 0.309 e. The minimum atomic E-state index is -0.872. The quantitative estimate of drug-likeness (QED) is 0.772. The summed E-state index contributed by atoms with van der Waals surface area (Å²) in [6, 6.07) is 7.60. The number of carboxylic acids is 1. The average molecular weight is 353 g/mol. The van der Waals surface area contributed by atoms with E-state index in [-0.39, 0.29) is 5.91 Å². The van der Waals surface area contributed by atoms with Crippen molar-refractivity contribution in [1.82, 2.24) is 10.3 Å². The molecule has 1 amide bonds. The number of aromatic amines is 1. The van der Waals surface area contributed by atoms with Crippen molar-refractivity contribution in [3.8, 4) is 0 Å². The Labute approximate surface area is 130 Å². The van der Waals surface area contributed by atoms with Gasteiger partial charge in [-0.25, -0.2) is 0 Å². The zero-order chi connectivity index (χ0) is 15.6. The third-order valence-electron chi connectivity index (χ3n) is 3.48. The third-order valence-corrected chi connectivity index (χ3v) is 4.31. The molecule has 3 N–H and O–H groups in total. The second kappa shape index (κ2) is 5.89. The van der Waals surface area contributed by atoms with Crippen LogP contribution in [0.5, 0.6) is 0 Å². The van der Waals surface area contributed by atoms with E-state index in [0.29, 0.717) is 23.1 Å². The van der Waals surface area contributed by atoms with Gasteiger partial charge in [-0.2, -0.15) is 0 Å². The zero-order valence-corrected chi connectivity index (χ0v) is 13.5. The number of aliphatic carboxylic acids is 1. The predicted octanol–water partition coefficient (Wildman–Crippen LogP) is 3.16. The summed E-state index contributed by atoms with van der Waals surface area (Å²) in [5.41, 5.74) is 0.468. The fourth-order valence-corrected chi connectivity index (χ4v) is 2.57. The fraction of sp³-hybridized carbons (Fsp3) is 0.333. The van der Waals surface area contributed by atoms with Gasteiger partial charge in [0, 0.05) is 17.4 Å². The number of H-pyrrole nitrogens is 1. The maximum Gasteiger partial charge on any atom is 0.309 e. The van der Waals surface area contributed by atoms with E-state index in [1.54, 1.807) is 13.8 Å². The first-order valence-electron chi connectivity index (χ1n) is 6.61. The zero-order valence-electron chi connectivity index (χ0n) is 11.9. The molecule has 5 nitrogen and oxygen atoms in total. The molecule has 0 bridgehead atoms. The number of nitrogens with one attached hydrogen (secondary N) is 2. The van der Waals surface area contributed by atoms with Crippen LogP contribution < -0.4 is 5.32 Å². The van der Waals surface area contributed by atoms with Gasteiger partial charge in [0.1, 0.15) is 5.69 Å². The van der Waals surface area contributed by atoms with E-state index < -0.39 is 11.4 Å². The maximum absolute atomic E-state index is 12.2. The van der Waals surface area contributed by atoms with Gasteiger partial charge in [-0.3, -0.25) is 9.59 Å². The van der Waals surface area contributed by atoms with Gasteiger partial charge in [0.25, 0.3) is 5.91 Å².